The smallest absolute Gasteiger partial charge is 0.253 e. The summed E-state index contributed by atoms with van der Waals surface area (Å²) in [6, 6.07) is 0. The topological polar surface area (TPSA) is 128 Å². The fourth-order valence-corrected chi connectivity index (χ4v) is 3.78. The van der Waals surface area contributed by atoms with Crippen molar-refractivity contribution in [2.45, 2.75) is 63.8 Å². The fourth-order valence-electron chi connectivity index (χ4n) is 3.78. The Labute approximate surface area is 209 Å². The zero-order valence-corrected chi connectivity index (χ0v) is 22.3. The van der Waals surface area contributed by atoms with Crippen LogP contribution in [0.1, 0.15) is 41.5 Å². The minimum Gasteiger partial charge on any atom is -0.377 e. The number of carbonyl (C=O) groups excluding carboxylic acids is 2. The number of hydrogen-bond acceptors (Lipinski definition) is 9. The van der Waals surface area contributed by atoms with E-state index in [1.807, 2.05) is 27.7 Å². The van der Waals surface area contributed by atoms with Gasteiger partial charge in [0.05, 0.1) is 52.9 Å². The Balaban J connectivity index is 2.29. The molecule has 0 saturated carbocycles. The van der Waals surface area contributed by atoms with Crippen molar-refractivity contribution in [2.75, 3.05) is 79.0 Å². The van der Waals surface area contributed by atoms with E-state index in [1.165, 1.54) is 0 Å². The van der Waals surface area contributed by atoms with Gasteiger partial charge in [0.25, 0.3) is 11.8 Å². The maximum Gasteiger partial charge on any atom is 0.253 e. The molecule has 3 heterocycles. The lowest BCUT2D eigenvalue weighted by Gasteiger charge is -2.39. The summed E-state index contributed by atoms with van der Waals surface area (Å²) in [7, 11) is 0. The average molecular weight is 503 g/mol. The van der Waals surface area contributed by atoms with Gasteiger partial charge < -0.3 is 45.0 Å². The minimum atomic E-state index is -1.13. The SMILES string of the molecule is CC1(C)CNC[C@]2(C)OCCOCCOCCOCCO[C@@](C)(CNCC(C)(C)NC2=O)C(=O)N1. The Morgan fingerprint density at radius 1 is 0.514 bits per heavy atom. The van der Waals surface area contributed by atoms with Crippen molar-refractivity contribution in [1.82, 2.24) is 21.3 Å². The highest BCUT2D eigenvalue weighted by Crippen LogP contribution is 2.17. The largest absolute Gasteiger partial charge is 0.377 e. The van der Waals surface area contributed by atoms with Crippen molar-refractivity contribution in [2.24, 2.45) is 0 Å². The van der Waals surface area contributed by atoms with Crippen molar-refractivity contribution >= 4 is 11.8 Å². The molecule has 2 bridgehead atoms. The second kappa shape index (κ2) is 13.3. The van der Waals surface area contributed by atoms with Crippen LogP contribution in [0.5, 0.6) is 0 Å². The average Bonchev–Trinajstić information content (AvgIpc) is 2.74. The molecule has 0 aromatic heterocycles. The van der Waals surface area contributed by atoms with Crippen LogP contribution in [-0.4, -0.2) is 113 Å². The second-order valence-corrected chi connectivity index (χ2v) is 10.9. The van der Waals surface area contributed by atoms with Crippen molar-refractivity contribution in [3.8, 4) is 0 Å². The first-order chi connectivity index (χ1) is 16.4. The highest BCUT2D eigenvalue weighted by molar-refractivity contribution is 5.86. The molecule has 2 amide bonds. The van der Waals surface area contributed by atoms with Crippen LogP contribution in [0.4, 0.5) is 0 Å². The van der Waals surface area contributed by atoms with Crippen LogP contribution in [0.3, 0.4) is 0 Å². The number of nitrogens with one attached hydrogen (secondary N) is 4. The molecule has 3 rings (SSSR count). The highest BCUT2D eigenvalue weighted by Gasteiger charge is 2.41. The number of hydrogen-bond donors (Lipinski definition) is 4. The van der Waals surface area contributed by atoms with Gasteiger partial charge in [0.2, 0.25) is 0 Å². The Morgan fingerprint density at radius 3 is 1.17 bits per heavy atom. The normalized spacial score (nSPS) is 33.1. The highest BCUT2D eigenvalue weighted by atomic mass is 16.6. The van der Waals surface area contributed by atoms with Crippen LogP contribution in [-0.2, 0) is 33.3 Å². The van der Waals surface area contributed by atoms with Gasteiger partial charge in [-0.05, 0) is 41.5 Å². The van der Waals surface area contributed by atoms with Crippen molar-refractivity contribution in [3.05, 3.63) is 0 Å². The van der Waals surface area contributed by atoms with Gasteiger partial charge in [-0.25, -0.2) is 0 Å². The quantitative estimate of drug-likeness (QED) is 0.327. The number of carbonyl (C=O) groups is 2. The van der Waals surface area contributed by atoms with Gasteiger partial charge in [0.1, 0.15) is 0 Å². The summed E-state index contributed by atoms with van der Waals surface area (Å²) in [4.78, 5) is 26.7. The first-order valence-electron chi connectivity index (χ1n) is 12.5. The Hall–Kier alpha value is -1.34. The number of amides is 2. The lowest BCUT2D eigenvalue weighted by Crippen LogP contribution is -2.65. The van der Waals surface area contributed by atoms with E-state index >= 15 is 0 Å². The Bertz CT molecular complexity index is 635. The van der Waals surface area contributed by atoms with Gasteiger partial charge in [-0.3, -0.25) is 9.59 Å². The molecule has 11 nitrogen and oxygen atoms in total. The third-order valence-electron chi connectivity index (χ3n) is 5.96. The first kappa shape index (κ1) is 29.9. The van der Waals surface area contributed by atoms with Gasteiger partial charge >= 0.3 is 0 Å². The van der Waals surface area contributed by atoms with E-state index in [0.29, 0.717) is 52.7 Å². The molecule has 0 aromatic carbocycles. The van der Waals surface area contributed by atoms with E-state index in [1.54, 1.807) is 13.8 Å². The molecule has 3 fully saturated rings. The van der Waals surface area contributed by atoms with Crippen LogP contribution in [0.2, 0.25) is 0 Å². The van der Waals surface area contributed by atoms with Crippen LogP contribution in [0.15, 0.2) is 0 Å². The number of fused-ring (bicyclic) bond motifs is 22. The van der Waals surface area contributed by atoms with Gasteiger partial charge in [0.15, 0.2) is 11.2 Å². The Morgan fingerprint density at radius 2 is 0.829 bits per heavy atom. The predicted molar refractivity (Wildman–Crippen MR) is 131 cm³/mol. The Kier molecular flexibility index (Phi) is 11.3. The van der Waals surface area contributed by atoms with E-state index in [0.717, 1.165) is 0 Å². The molecule has 4 N–H and O–H groups in total. The summed E-state index contributed by atoms with van der Waals surface area (Å²) in [5.41, 5.74) is -3.46. The molecule has 204 valence electrons. The maximum atomic E-state index is 13.3. The van der Waals surface area contributed by atoms with Crippen molar-refractivity contribution in [1.29, 1.82) is 0 Å². The van der Waals surface area contributed by atoms with E-state index in [9.17, 15) is 9.59 Å². The van der Waals surface area contributed by atoms with Gasteiger partial charge in [-0.15, -0.1) is 0 Å². The summed E-state index contributed by atoms with van der Waals surface area (Å²) in [5.74, 6) is -0.442. The lowest BCUT2D eigenvalue weighted by molar-refractivity contribution is -0.150. The van der Waals surface area contributed by atoms with Gasteiger partial charge in [-0.1, -0.05) is 0 Å². The molecule has 0 aromatic rings. The lowest BCUT2D eigenvalue weighted by atomic mass is 9.97. The molecular formula is C24H46N4O7. The van der Waals surface area contributed by atoms with E-state index < -0.39 is 22.3 Å². The third-order valence-corrected chi connectivity index (χ3v) is 5.96. The number of rotatable bonds is 0. The molecule has 3 aliphatic heterocycles. The monoisotopic (exact) mass is 502 g/mol. The maximum absolute atomic E-state index is 13.3. The van der Waals surface area contributed by atoms with Crippen LogP contribution >= 0.6 is 0 Å². The second-order valence-electron chi connectivity index (χ2n) is 10.9. The molecule has 0 spiro atoms. The molecule has 35 heavy (non-hydrogen) atoms. The standard InChI is InChI=1S/C24H46N4O7/c1-21(2)15-25-17-24(6)20(30)28-22(3,4)16-26-18-23(5,19(29)27-21)34-13-11-32-9-7-31-8-10-33-12-14-35-24/h25-26H,7-18H2,1-6H3,(H,27,29)(H,28,30)/t23-,24-/m0/s1. The van der Waals surface area contributed by atoms with Gasteiger partial charge in [0, 0.05) is 37.3 Å². The van der Waals surface area contributed by atoms with Crippen molar-refractivity contribution in [3.63, 3.8) is 0 Å². The van der Waals surface area contributed by atoms with E-state index in [2.05, 4.69) is 21.3 Å². The summed E-state index contributed by atoms with van der Waals surface area (Å²) in [6.07, 6.45) is 0. The molecular weight excluding hydrogens is 456 g/mol. The zero-order valence-electron chi connectivity index (χ0n) is 22.3. The summed E-state index contributed by atoms with van der Waals surface area (Å²) >= 11 is 0. The molecule has 0 radical (unpaired) electrons. The molecule has 3 aliphatic rings. The van der Waals surface area contributed by atoms with Crippen LogP contribution in [0, 0.1) is 0 Å². The zero-order chi connectivity index (χ0) is 26.0. The minimum absolute atomic E-state index is 0.221. The van der Waals surface area contributed by atoms with Gasteiger partial charge in [-0.2, -0.15) is 0 Å². The van der Waals surface area contributed by atoms with E-state index in [4.69, 9.17) is 23.7 Å². The summed E-state index contributed by atoms with van der Waals surface area (Å²) in [6.45, 7) is 15.5. The predicted octanol–water partition coefficient (Wildman–Crippen LogP) is -0.417. The molecule has 0 unspecified atom stereocenters. The van der Waals surface area contributed by atoms with Crippen LogP contribution in [0.25, 0.3) is 0 Å². The van der Waals surface area contributed by atoms with Crippen molar-refractivity contribution < 1.29 is 33.3 Å². The molecule has 11 heteroatoms. The fraction of sp³-hybridized carbons (Fsp3) is 0.917. The summed E-state index contributed by atoms with van der Waals surface area (Å²) in [5, 5.41) is 12.8. The number of ether oxygens (including phenoxy) is 5. The third kappa shape index (κ3) is 10.3. The van der Waals surface area contributed by atoms with E-state index in [-0.39, 0.29) is 38.1 Å². The van der Waals surface area contributed by atoms with Crippen LogP contribution < -0.4 is 21.3 Å². The molecule has 2 atom stereocenters. The molecule has 0 aliphatic carbocycles. The molecule has 3 saturated heterocycles. The first-order valence-corrected chi connectivity index (χ1v) is 12.5. The summed E-state index contributed by atoms with van der Waals surface area (Å²) < 4.78 is 28.8.